The molecule has 1 fully saturated rings. The first-order valence-electron chi connectivity index (χ1n) is 10.3. The Morgan fingerprint density at radius 3 is 2.56 bits per heavy atom. The first-order chi connectivity index (χ1) is 15.5. The quantitative estimate of drug-likeness (QED) is 0.635. The summed E-state index contributed by atoms with van der Waals surface area (Å²) in [5, 5.41) is 11.8. The van der Waals surface area contributed by atoms with E-state index in [4.69, 9.17) is 5.26 Å². The number of carbonyl (C=O) groups excluding carboxylic acids is 2. The number of hydrogen-bond acceptors (Lipinski definition) is 3. The Morgan fingerprint density at radius 2 is 1.81 bits per heavy atom. The molecule has 0 radical (unpaired) electrons. The minimum Gasteiger partial charge on any atom is -0.322 e. The second-order valence-electron chi connectivity index (χ2n) is 7.53. The number of rotatable bonds is 5. The van der Waals surface area contributed by atoms with Gasteiger partial charge < -0.3 is 10.2 Å². The molecule has 4 rings (SSSR count). The van der Waals surface area contributed by atoms with Crippen LogP contribution in [-0.4, -0.2) is 29.9 Å². The lowest BCUT2D eigenvalue weighted by atomic mass is 10.1. The van der Waals surface area contributed by atoms with Gasteiger partial charge in [-0.2, -0.15) is 5.26 Å². The van der Waals surface area contributed by atoms with Crippen molar-refractivity contribution in [1.82, 2.24) is 4.90 Å². The van der Waals surface area contributed by atoms with Gasteiger partial charge in [0.15, 0.2) is 0 Å². The normalized spacial score (nSPS) is 13.6. The number of nitrogens with one attached hydrogen (secondary N) is 1. The monoisotopic (exact) mass is 428 g/mol. The van der Waals surface area contributed by atoms with Gasteiger partial charge in [0.2, 0.25) is 0 Å². The Bertz CT molecular complexity index is 1190. The van der Waals surface area contributed by atoms with E-state index in [0.717, 1.165) is 17.7 Å². The van der Waals surface area contributed by atoms with Crippen molar-refractivity contribution in [3.8, 4) is 6.07 Å². The van der Waals surface area contributed by atoms with Crippen LogP contribution in [0, 0.1) is 17.1 Å². The van der Waals surface area contributed by atoms with Crippen molar-refractivity contribution in [2.45, 2.75) is 13.0 Å². The summed E-state index contributed by atoms with van der Waals surface area (Å²) in [4.78, 5) is 28.8. The van der Waals surface area contributed by atoms with E-state index < -0.39 is 11.7 Å². The summed E-state index contributed by atoms with van der Waals surface area (Å²) in [7, 11) is 0. The summed E-state index contributed by atoms with van der Waals surface area (Å²) in [6.07, 6.45) is 0.821. The summed E-state index contributed by atoms with van der Waals surface area (Å²) in [6, 6.07) is 21.7. The minimum atomic E-state index is -0.472. The minimum absolute atomic E-state index is 0.102. The molecular weight excluding hydrogens is 407 g/mol. The molecule has 1 aliphatic rings. The Hall–Kier alpha value is -4.18. The lowest BCUT2D eigenvalue weighted by molar-refractivity contribution is 0.102. The smallest absolute Gasteiger partial charge is 0.322 e. The Labute approximate surface area is 185 Å². The van der Waals surface area contributed by atoms with Crippen LogP contribution in [0.4, 0.5) is 20.6 Å². The fraction of sp³-hybridized carbons (Fsp3) is 0.160. The maximum absolute atomic E-state index is 13.3. The first kappa shape index (κ1) is 21.1. The lowest BCUT2D eigenvalue weighted by Crippen LogP contribution is -2.49. The van der Waals surface area contributed by atoms with Gasteiger partial charge in [-0.25, -0.2) is 9.18 Å². The highest BCUT2D eigenvalue weighted by Crippen LogP contribution is 2.24. The van der Waals surface area contributed by atoms with Crippen LogP contribution >= 0.6 is 0 Å². The fourth-order valence-corrected chi connectivity index (χ4v) is 3.69. The zero-order valence-corrected chi connectivity index (χ0v) is 17.3. The van der Waals surface area contributed by atoms with Gasteiger partial charge in [-0.15, -0.1) is 0 Å². The molecule has 7 heteroatoms. The summed E-state index contributed by atoms with van der Waals surface area (Å²) in [6.45, 7) is 1.68. The standard InChI is InChI=1S/C25H21FN4O2/c26-21-7-2-6-20(15-21)24(31)28-22-8-10-23(11-9-22)30-13-3-12-29(25(30)32)17-19-5-1-4-18(14-19)16-27/h1-2,4-11,14-15H,3,12-13,17H2,(H,28,31). The molecule has 3 aromatic carbocycles. The summed E-state index contributed by atoms with van der Waals surface area (Å²) in [5.74, 6) is -0.877. The number of nitrogens with zero attached hydrogens (tertiary/aromatic N) is 3. The van der Waals surface area contributed by atoms with E-state index in [1.807, 2.05) is 12.1 Å². The topological polar surface area (TPSA) is 76.4 Å². The molecule has 6 nitrogen and oxygen atoms in total. The van der Waals surface area contributed by atoms with Gasteiger partial charge in [-0.05, 0) is 66.6 Å². The predicted octanol–water partition coefficient (Wildman–Crippen LogP) is 4.78. The molecule has 0 unspecified atom stereocenters. The van der Waals surface area contributed by atoms with Crippen molar-refractivity contribution in [2.24, 2.45) is 0 Å². The predicted molar refractivity (Wildman–Crippen MR) is 120 cm³/mol. The highest BCUT2D eigenvalue weighted by molar-refractivity contribution is 6.04. The number of amides is 3. The molecule has 1 N–H and O–H groups in total. The third-order valence-electron chi connectivity index (χ3n) is 5.26. The molecule has 1 saturated heterocycles. The number of benzene rings is 3. The van der Waals surface area contributed by atoms with E-state index in [2.05, 4.69) is 11.4 Å². The van der Waals surface area contributed by atoms with Gasteiger partial charge in [0.1, 0.15) is 5.82 Å². The molecule has 0 aliphatic carbocycles. The van der Waals surface area contributed by atoms with Crippen molar-refractivity contribution in [1.29, 1.82) is 5.26 Å². The molecule has 3 amide bonds. The molecule has 32 heavy (non-hydrogen) atoms. The van der Waals surface area contributed by atoms with Crippen molar-refractivity contribution >= 4 is 23.3 Å². The lowest BCUT2D eigenvalue weighted by Gasteiger charge is -2.35. The molecule has 0 aromatic heterocycles. The number of urea groups is 1. The maximum atomic E-state index is 13.3. The van der Waals surface area contributed by atoms with Gasteiger partial charge in [-0.1, -0.05) is 18.2 Å². The van der Waals surface area contributed by atoms with Crippen molar-refractivity contribution in [3.63, 3.8) is 0 Å². The number of nitriles is 1. The summed E-state index contributed by atoms with van der Waals surface area (Å²) < 4.78 is 13.3. The van der Waals surface area contributed by atoms with E-state index in [9.17, 15) is 14.0 Å². The Morgan fingerprint density at radius 1 is 1.03 bits per heavy atom. The second kappa shape index (κ2) is 9.31. The molecule has 3 aromatic rings. The van der Waals surface area contributed by atoms with Crippen LogP contribution < -0.4 is 10.2 Å². The molecule has 0 spiro atoms. The van der Waals surface area contributed by atoms with E-state index >= 15 is 0 Å². The van der Waals surface area contributed by atoms with Crippen LogP contribution in [0.5, 0.6) is 0 Å². The number of halogens is 1. The zero-order valence-electron chi connectivity index (χ0n) is 17.3. The number of carbonyl (C=O) groups is 2. The van der Waals surface area contributed by atoms with E-state index in [-0.39, 0.29) is 11.6 Å². The zero-order chi connectivity index (χ0) is 22.5. The van der Waals surface area contributed by atoms with Crippen molar-refractivity contribution in [3.05, 3.63) is 95.3 Å². The van der Waals surface area contributed by atoms with Crippen LogP contribution in [0.3, 0.4) is 0 Å². The average molecular weight is 428 g/mol. The average Bonchev–Trinajstić information content (AvgIpc) is 2.81. The molecule has 1 aliphatic heterocycles. The summed E-state index contributed by atoms with van der Waals surface area (Å²) in [5.41, 5.74) is 3.00. The van der Waals surface area contributed by atoms with Crippen LogP contribution in [0.25, 0.3) is 0 Å². The first-order valence-corrected chi connectivity index (χ1v) is 10.3. The van der Waals surface area contributed by atoms with E-state index in [0.29, 0.717) is 30.9 Å². The molecular formula is C25H21FN4O2. The van der Waals surface area contributed by atoms with Crippen LogP contribution in [-0.2, 0) is 6.54 Å². The number of anilines is 2. The SMILES string of the molecule is N#Cc1cccc(CN2CCCN(c3ccc(NC(=O)c4cccc(F)c4)cc3)C2=O)c1. The van der Waals surface area contributed by atoms with Crippen LogP contribution in [0.2, 0.25) is 0 Å². The third kappa shape index (κ3) is 4.76. The van der Waals surface area contributed by atoms with Crippen molar-refractivity contribution < 1.29 is 14.0 Å². The largest absolute Gasteiger partial charge is 0.324 e. The highest BCUT2D eigenvalue weighted by Gasteiger charge is 2.26. The van der Waals surface area contributed by atoms with Gasteiger partial charge >= 0.3 is 6.03 Å². The van der Waals surface area contributed by atoms with Gasteiger partial charge in [0, 0.05) is 36.6 Å². The second-order valence-corrected chi connectivity index (χ2v) is 7.53. The van der Waals surface area contributed by atoms with E-state index in [1.54, 1.807) is 52.3 Å². The maximum Gasteiger partial charge on any atom is 0.324 e. The van der Waals surface area contributed by atoms with Crippen LogP contribution in [0.15, 0.2) is 72.8 Å². The molecule has 0 saturated carbocycles. The highest BCUT2D eigenvalue weighted by atomic mass is 19.1. The Kier molecular flexibility index (Phi) is 6.13. The van der Waals surface area contributed by atoms with Gasteiger partial charge in [-0.3, -0.25) is 9.69 Å². The Balaban J connectivity index is 1.43. The molecule has 160 valence electrons. The molecule has 0 bridgehead atoms. The molecule has 1 heterocycles. The van der Waals surface area contributed by atoms with E-state index in [1.165, 1.54) is 18.2 Å². The summed E-state index contributed by atoms with van der Waals surface area (Å²) >= 11 is 0. The van der Waals surface area contributed by atoms with Crippen LogP contribution in [0.1, 0.15) is 27.9 Å². The third-order valence-corrected chi connectivity index (χ3v) is 5.26. The van der Waals surface area contributed by atoms with Gasteiger partial charge in [0.25, 0.3) is 5.91 Å². The van der Waals surface area contributed by atoms with Crippen molar-refractivity contribution in [2.75, 3.05) is 23.3 Å². The number of hydrogen-bond donors (Lipinski definition) is 1. The fourth-order valence-electron chi connectivity index (χ4n) is 3.69. The van der Waals surface area contributed by atoms with Gasteiger partial charge in [0.05, 0.1) is 11.6 Å². The molecule has 0 atom stereocenters.